The zero-order valence-electron chi connectivity index (χ0n) is 88.1. The van der Waals surface area contributed by atoms with E-state index in [9.17, 15) is 0 Å². The van der Waals surface area contributed by atoms with Crippen LogP contribution in [0.1, 0.15) is 399 Å². The van der Waals surface area contributed by atoms with E-state index in [4.69, 9.17) is 8.83 Å². The van der Waals surface area contributed by atoms with Crippen molar-refractivity contribution >= 4 is 137 Å². The van der Waals surface area contributed by atoms with E-state index in [1.807, 2.05) is 0 Å². The highest BCUT2D eigenvalue weighted by Crippen LogP contribution is 2.61. The van der Waals surface area contributed by atoms with Gasteiger partial charge in [-0.25, -0.2) is 0 Å². The monoisotopic (exact) mass is 1780 g/mol. The summed E-state index contributed by atoms with van der Waals surface area (Å²) < 4.78 is 15.8. The van der Waals surface area contributed by atoms with Gasteiger partial charge in [-0.2, -0.15) is 0 Å². The molecule has 0 amide bonds. The van der Waals surface area contributed by atoms with Crippen LogP contribution in [-0.2, 0) is 81.2 Å². The van der Waals surface area contributed by atoms with Gasteiger partial charge in [0, 0.05) is 78.6 Å². The van der Waals surface area contributed by atoms with E-state index in [0.29, 0.717) is 0 Å². The predicted octanol–water partition coefficient (Wildman–Crippen LogP) is 31.4. The number of furan rings is 2. The maximum absolute atomic E-state index is 7.94. The first-order valence-corrected chi connectivity index (χ1v) is 51.9. The van der Waals surface area contributed by atoms with Crippen LogP contribution in [0.4, 0.5) is 68.6 Å². The number of fused-ring (bicyclic) bond motifs is 18. The van der Waals surface area contributed by atoms with E-state index in [1.54, 1.807) is 0 Å². The summed E-state index contributed by atoms with van der Waals surface area (Å²) >= 11 is 0. The minimum absolute atomic E-state index is 0.00364. The molecule has 10 aromatic carbocycles. The van der Waals surface area contributed by atoms with Crippen molar-refractivity contribution in [2.75, 3.05) is 19.6 Å². The molecule has 0 saturated carbocycles. The van der Waals surface area contributed by atoms with E-state index in [1.165, 1.54) is 190 Å². The Morgan fingerprint density at radius 3 is 0.910 bits per heavy atom. The molecule has 22 rings (SSSR count). The molecule has 0 spiro atoms. The average Bonchev–Trinajstić information content (AvgIpc) is 1.29. The smallest absolute Gasteiger partial charge is 0.257 e. The summed E-state index contributed by atoms with van der Waals surface area (Å²) in [5.74, 6) is 1.88. The largest absolute Gasteiger partial charge is 0.440 e. The number of hydrogen-bond acceptors (Lipinski definition) is 6. The third-order valence-corrected chi connectivity index (χ3v) is 38.0. The Hall–Kier alpha value is -9.39. The van der Waals surface area contributed by atoms with E-state index < -0.39 is 0 Å². The van der Waals surface area contributed by atoms with Gasteiger partial charge in [0.25, 0.3) is 13.4 Å². The Morgan fingerprint density at radius 1 is 0.254 bits per heavy atom. The van der Waals surface area contributed by atoms with E-state index in [0.717, 1.165) is 118 Å². The molecule has 2 aromatic heterocycles. The summed E-state index contributed by atoms with van der Waals surface area (Å²) in [4.78, 5) is 10.8. The molecule has 0 bridgehead atoms. The Labute approximate surface area is 805 Å². The van der Waals surface area contributed by atoms with Crippen molar-refractivity contribution in [2.24, 2.45) is 0 Å². The lowest BCUT2D eigenvalue weighted by atomic mass is 9.33. The van der Waals surface area contributed by atoms with Gasteiger partial charge in [0.05, 0.1) is 0 Å². The second kappa shape index (κ2) is 28.2. The summed E-state index contributed by atoms with van der Waals surface area (Å²) in [6.45, 7) is 82.0. The molecule has 694 valence electrons. The lowest BCUT2D eigenvalue weighted by Crippen LogP contribution is -2.61. The van der Waals surface area contributed by atoms with Gasteiger partial charge < -0.3 is 18.6 Å². The van der Waals surface area contributed by atoms with E-state index in [2.05, 4.69) is 400 Å². The van der Waals surface area contributed by atoms with Gasteiger partial charge >= 0.3 is 0 Å². The molecule has 0 fully saturated rings. The van der Waals surface area contributed by atoms with E-state index >= 15 is 0 Å². The Bertz CT molecular complexity index is 7070. The van der Waals surface area contributed by atoms with Crippen molar-refractivity contribution < 1.29 is 8.83 Å². The highest BCUT2D eigenvalue weighted by atomic mass is 16.4. The van der Waals surface area contributed by atoms with Gasteiger partial charge in [-0.05, 0) is 405 Å². The number of aryl methyl sites for hydroxylation is 2. The maximum atomic E-state index is 7.94. The molecule has 12 aromatic rings. The molecule has 0 saturated heterocycles. The Kier molecular flexibility index (Phi) is 18.9. The van der Waals surface area contributed by atoms with Gasteiger partial charge in [0.2, 0.25) is 11.8 Å². The Morgan fingerprint density at radius 2 is 0.537 bits per heavy atom. The van der Waals surface area contributed by atoms with Gasteiger partial charge in [0.15, 0.2) is 0 Å². The second-order valence-corrected chi connectivity index (χ2v) is 54.8. The van der Waals surface area contributed by atoms with Crippen molar-refractivity contribution in [3.05, 3.63) is 246 Å². The number of nitrogens with zero attached hydrogens (tertiary/aromatic N) is 4. The van der Waals surface area contributed by atoms with Crippen LogP contribution in [0.2, 0.25) is 0 Å². The molecule has 8 heteroatoms. The summed E-state index contributed by atoms with van der Waals surface area (Å²) in [5.41, 5.74) is 45.8. The van der Waals surface area contributed by atoms with Crippen LogP contribution in [0.3, 0.4) is 0 Å². The van der Waals surface area contributed by atoms with Crippen molar-refractivity contribution in [2.45, 2.75) is 400 Å². The second-order valence-electron chi connectivity index (χ2n) is 54.8. The van der Waals surface area contributed by atoms with Gasteiger partial charge in [-0.1, -0.05) is 263 Å². The topological polar surface area (TPSA) is 39.2 Å². The minimum Gasteiger partial charge on any atom is -0.440 e. The maximum Gasteiger partial charge on any atom is 0.257 e. The molecule has 10 aliphatic rings. The Balaban J connectivity index is 0.754. The fourth-order valence-electron chi connectivity index (χ4n) is 27.6. The fourth-order valence-corrected chi connectivity index (χ4v) is 27.6. The lowest BCUT2D eigenvalue weighted by Gasteiger charge is -2.48. The molecular formula is C126H152B2N4O2. The van der Waals surface area contributed by atoms with Gasteiger partial charge in [-0.3, -0.25) is 9.80 Å². The van der Waals surface area contributed by atoms with Crippen molar-refractivity contribution in [1.82, 2.24) is 0 Å². The third-order valence-electron chi connectivity index (χ3n) is 38.0. The molecule has 134 heavy (non-hydrogen) atoms. The van der Waals surface area contributed by atoms with Crippen molar-refractivity contribution in [3.63, 3.8) is 0 Å². The minimum atomic E-state index is -0.366. The standard InChI is InChI=1S/C126H152B2N4O2/c1-73-58-100-108-101(59-73)132(97-70-92-86(60-74(97)2)118(16,17)52-55-124(92,28)29)99-72-94-91(123(26,27)54-57-126(94,32)33)69-96(99)128(108)107-82-62-76(35-43-105(82)134-110(107)130(100)79-37-40-84-88(66-79)120(20,21)50-47-116(84,12)13)113(6,7)44-45-114(8,9)77-63-102-109-103(64-77)131(80-38-41-85-89(67-80)121(22,23)51-48-117(85,14)15)111-106(81-61-75(112(3,4)5)34-42-104(81)133-111)127(109)95-68-90-93(125(30,31)56-53-122(90,24)25)71-98(95)129(102)78-36-39-83-87(65-78)119(18,19)49-46-115(83,10)11/h34-43,58-72H,44-57H2,1-33H3. The normalized spacial score (nSPS) is 21.2. The predicted molar refractivity (Wildman–Crippen MR) is 576 cm³/mol. The van der Waals surface area contributed by atoms with Crippen LogP contribution in [0.15, 0.2) is 160 Å². The first kappa shape index (κ1) is 89.8. The van der Waals surface area contributed by atoms with Crippen LogP contribution < -0.4 is 52.4 Å². The average molecular weight is 1780 g/mol. The third kappa shape index (κ3) is 13.2. The number of hydrogen-bond donors (Lipinski definition) is 0. The summed E-state index contributed by atoms with van der Waals surface area (Å²) in [6, 6.07) is 64.2. The fraction of sp³-hybridized carbons (Fsp3) is 0.492. The highest BCUT2D eigenvalue weighted by Gasteiger charge is 2.55. The zero-order valence-corrected chi connectivity index (χ0v) is 88.1. The van der Waals surface area contributed by atoms with E-state index in [-0.39, 0.29) is 94.7 Å². The SMILES string of the molecule is Cc1cc2c3c(c1)N(c1ccc4c(c1)C(C)(C)CCC4(C)C)c1oc4ccc(C(C)(C)CCC(C)(C)c5cc6c7c(c5)N(c5ccc8c(c5)C(C)(C)CCC8(C)C)c5oc8ccc(C(C)(C)C)cc8c5B7c5cc7c(cc5N6c5ccc6c(c5)C(C)(C)CCC6(C)C)C(C)(C)CCC7(C)C)cc4c1B3c1cc3c(cc1N2c1cc2c(cc1C)C(C)(C)CCC2(C)C)C(C)(C)CCC3(C)C. The van der Waals surface area contributed by atoms with Crippen LogP contribution in [0, 0.1) is 13.8 Å². The van der Waals surface area contributed by atoms with Gasteiger partial charge in [0.1, 0.15) is 11.2 Å². The first-order chi connectivity index (χ1) is 62.2. The zero-order chi connectivity index (χ0) is 95.5. The highest BCUT2D eigenvalue weighted by molar-refractivity contribution is 7.02. The van der Waals surface area contributed by atoms with Gasteiger partial charge in [-0.15, -0.1) is 0 Å². The molecule has 6 heterocycles. The van der Waals surface area contributed by atoms with Crippen molar-refractivity contribution in [1.29, 1.82) is 0 Å². The molecule has 0 atom stereocenters. The molecule has 6 aliphatic carbocycles. The molecule has 0 unspecified atom stereocenters. The molecule has 4 aliphatic heterocycles. The van der Waals surface area contributed by atoms with Crippen LogP contribution in [0.25, 0.3) is 21.9 Å². The van der Waals surface area contributed by atoms with Crippen LogP contribution >= 0.6 is 0 Å². The summed E-state index contributed by atoms with van der Waals surface area (Å²) in [5, 5.41) is 2.42. The lowest BCUT2D eigenvalue weighted by molar-refractivity contribution is 0.331. The molecule has 6 nitrogen and oxygen atoms in total. The molecular weight excluding hydrogens is 1620 g/mol. The summed E-state index contributed by atoms with van der Waals surface area (Å²) in [7, 11) is 0. The summed E-state index contributed by atoms with van der Waals surface area (Å²) in [6.07, 6.45) is 15.5. The number of rotatable bonds is 9. The first-order valence-electron chi connectivity index (χ1n) is 51.9. The quantitative estimate of drug-likeness (QED) is 0.134. The number of anilines is 12. The number of benzene rings is 10. The van der Waals surface area contributed by atoms with Crippen molar-refractivity contribution in [3.8, 4) is 0 Å². The van der Waals surface area contributed by atoms with Crippen LogP contribution in [0.5, 0.6) is 0 Å². The molecule has 0 radical (unpaired) electrons. The van der Waals surface area contributed by atoms with Crippen LogP contribution in [-0.4, -0.2) is 13.4 Å². The molecule has 0 N–H and O–H groups in total.